The molecule has 1 aromatic heterocycles. The fourth-order valence-electron chi connectivity index (χ4n) is 3.40. The van der Waals surface area contributed by atoms with E-state index in [1.165, 1.54) is 39.5 Å². The van der Waals surface area contributed by atoms with Crippen molar-refractivity contribution in [3.05, 3.63) is 77.6 Å². The number of halogens is 3. The van der Waals surface area contributed by atoms with Gasteiger partial charge in [0.25, 0.3) is 0 Å². The number of hydrogen-bond acceptors (Lipinski definition) is 5. The van der Waals surface area contributed by atoms with Crippen molar-refractivity contribution in [2.75, 3.05) is 26.6 Å². The average molecular weight is 492 g/mol. The zero-order valence-electron chi connectivity index (χ0n) is 18.8. The molecule has 1 N–H and O–H groups in total. The molecule has 0 saturated carbocycles. The lowest BCUT2D eigenvalue weighted by atomic mass is 10.1. The predicted molar refractivity (Wildman–Crippen MR) is 127 cm³/mol. The number of aromatic nitrogens is 1. The summed E-state index contributed by atoms with van der Waals surface area (Å²) in [5.41, 5.74) is 0.561. The summed E-state index contributed by atoms with van der Waals surface area (Å²) in [5.74, 6) is 1.47. The van der Waals surface area contributed by atoms with Gasteiger partial charge in [0.15, 0.2) is 16.6 Å². The third-order valence-corrected chi connectivity index (χ3v) is 5.34. The highest BCUT2D eigenvalue weighted by molar-refractivity contribution is 7.80. The number of benzene rings is 2. The number of alkyl halides is 3. The molecule has 0 aliphatic rings. The Morgan fingerprint density at radius 2 is 1.76 bits per heavy atom. The average Bonchev–Trinajstić information content (AvgIpc) is 2.83. The SMILES string of the molecule is COc1cc(CN(Cc2cccnc2)C(=S)Nc2ccccc2C(F)(F)F)c(OC)c(OC)c1. The van der Waals surface area contributed by atoms with Crippen LogP contribution in [0.15, 0.2) is 60.9 Å². The molecule has 0 spiro atoms. The number of pyridine rings is 1. The number of rotatable bonds is 8. The van der Waals surface area contributed by atoms with E-state index in [4.69, 9.17) is 26.4 Å². The molecule has 0 fully saturated rings. The van der Waals surface area contributed by atoms with E-state index in [2.05, 4.69) is 10.3 Å². The smallest absolute Gasteiger partial charge is 0.418 e. The molecule has 34 heavy (non-hydrogen) atoms. The highest BCUT2D eigenvalue weighted by Crippen LogP contribution is 2.37. The minimum absolute atomic E-state index is 0.101. The van der Waals surface area contributed by atoms with Crippen molar-refractivity contribution in [3.63, 3.8) is 0 Å². The molecule has 10 heteroatoms. The van der Waals surface area contributed by atoms with E-state index in [1.807, 2.05) is 6.07 Å². The van der Waals surface area contributed by atoms with E-state index in [0.29, 0.717) is 22.8 Å². The monoisotopic (exact) mass is 491 g/mol. The molecule has 2 aromatic carbocycles. The number of para-hydroxylation sites is 1. The predicted octanol–water partition coefficient (Wildman–Crippen LogP) is 5.53. The van der Waals surface area contributed by atoms with Crippen LogP contribution in [0.25, 0.3) is 0 Å². The summed E-state index contributed by atoms with van der Waals surface area (Å²) < 4.78 is 56.9. The van der Waals surface area contributed by atoms with Crippen LogP contribution in [-0.4, -0.2) is 36.3 Å². The van der Waals surface area contributed by atoms with Crippen molar-refractivity contribution >= 4 is 23.0 Å². The minimum atomic E-state index is -4.53. The van der Waals surface area contributed by atoms with Crippen LogP contribution in [0.1, 0.15) is 16.7 Å². The molecule has 0 atom stereocenters. The van der Waals surface area contributed by atoms with Crippen LogP contribution >= 0.6 is 12.2 Å². The molecule has 180 valence electrons. The van der Waals surface area contributed by atoms with Crippen molar-refractivity contribution in [3.8, 4) is 17.2 Å². The molecule has 0 bridgehead atoms. The number of methoxy groups -OCH3 is 3. The molecule has 0 saturated heterocycles. The minimum Gasteiger partial charge on any atom is -0.497 e. The van der Waals surface area contributed by atoms with E-state index in [-0.39, 0.29) is 23.9 Å². The number of thiocarbonyl (C=S) groups is 1. The second-order valence-corrected chi connectivity index (χ2v) is 7.60. The number of ether oxygens (including phenoxy) is 3. The van der Waals surface area contributed by atoms with Gasteiger partial charge in [-0.15, -0.1) is 0 Å². The van der Waals surface area contributed by atoms with Crippen LogP contribution in [0.5, 0.6) is 17.2 Å². The first-order valence-corrected chi connectivity index (χ1v) is 10.6. The van der Waals surface area contributed by atoms with Crippen LogP contribution in [-0.2, 0) is 19.3 Å². The van der Waals surface area contributed by atoms with Gasteiger partial charge < -0.3 is 24.4 Å². The van der Waals surface area contributed by atoms with Crippen molar-refractivity contribution in [2.24, 2.45) is 0 Å². The van der Waals surface area contributed by atoms with E-state index >= 15 is 0 Å². The third kappa shape index (κ3) is 6.07. The van der Waals surface area contributed by atoms with Crippen LogP contribution in [0.4, 0.5) is 18.9 Å². The summed E-state index contributed by atoms with van der Waals surface area (Å²) >= 11 is 5.56. The van der Waals surface area contributed by atoms with Gasteiger partial charge in [0.05, 0.1) is 32.6 Å². The maximum Gasteiger partial charge on any atom is 0.418 e. The van der Waals surface area contributed by atoms with Gasteiger partial charge in [-0.1, -0.05) is 18.2 Å². The number of nitrogens with one attached hydrogen (secondary N) is 1. The number of hydrogen-bond donors (Lipinski definition) is 1. The van der Waals surface area contributed by atoms with Crippen molar-refractivity contribution in [1.82, 2.24) is 9.88 Å². The maximum atomic E-state index is 13.5. The van der Waals surface area contributed by atoms with Gasteiger partial charge in [0.2, 0.25) is 0 Å². The molecular weight excluding hydrogens is 467 g/mol. The molecular formula is C24H24F3N3O3S. The van der Waals surface area contributed by atoms with E-state index < -0.39 is 11.7 Å². The summed E-state index contributed by atoms with van der Waals surface area (Å²) in [6.45, 7) is 0.488. The molecule has 0 aliphatic heterocycles. The Labute approximate surface area is 201 Å². The quantitative estimate of drug-likeness (QED) is 0.416. The first-order valence-electron chi connectivity index (χ1n) is 10.2. The Morgan fingerprint density at radius 3 is 2.38 bits per heavy atom. The van der Waals surface area contributed by atoms with E-state index in [0.717, 1.165) is 11.6 Å². The molecule has 6 nitrogen and oxygen atoms in total. The van der Waals surface area contributed by atoms with E-state index in [9.17, 15) is 13.2 Å². The van der Waals surface area contributed by atoms with Crippen LogP contribution in [0, 0.1) is 0 Å². The molecule has 0 radical (unpaired) electrons. The topological polar surface area (TPSA) is 55.9 Å². The Hall–Kier alpha value is -3.53. The Kier molecular flexibility index (Phi) is 8.17. The van der Waals surface area contributed by atoms with Gasteiger partial charge in [-0.2, -0.15) is 13.2 Å². The summed E-state index contributed by atoms with van der Waals surface area (Å²) in [4.78, 5) is 5.84. The summed E-state index contributed by atoms with van der Waals surface area (Å²) in [6.07, 6.45) is -1.22. The van der Waals surface area contributed by atoms with Crippen molar-refractivity contribution in [1.29, 1.82) is 0 Å². The first-order chi connectivity index (χ1) is 16.3. The molecule has 0 unspecified atom stereocenters. The van der Waals surface area contributed by atoms with Gasteiger partial charge >= 0.3 is 6.18 Å². The van der Waals surface area contributed by atoms with E-state index in [1.54, 1.807) is 35.5 Å². The Morgan fingerprint density at radius 1 is 1.00 bits per heavy atom. The van der Waals surface area contributed by atoms with Crippen molar-refractivity contribution < 1.29 is 27.4 Å². The lowest BCUT2D eigenvalue weighted by Gasteiger charge is -2.28. The fourth-order valence-corrected chi connectivity index (χ4v) is 3.64. The zero-order chi connectivity index (χ0) is 24.7. The molecule has 1 heterocycles. The fraction of sp³-hybridized carbons (Fsp3) is 0.250. The molecule has 0 amide bonds. The highest BCUT2D eigenvalue weighted by Gasteiger charge is 2.33. The normalized spacial score (nSPS) is 11.0. The molecule has 3 aromatic rings. The second kappa shape index (κ2) is 11.1. The maximum absolute atomic E-state index is 13.5. The largest absolute Gasteiger partial charge is 0.497 e. The van der Waals surface area contributed by atoms with Gasteiger partial charge in [-0.3, -0.25) is 4.98 Å². The highest BCUT2D eigenvalue weighted by atomic mass is 32.1. The Balaban J connectivity index is 1.98. The first kappa shape index (κ1) is 25.1. The van der Waals surface area contributed by atoms with Gasteiger partial charge in [-0.25, -0.2) is 0 Å². The summed E-state index contributed by atoms with van der Waals surface area (Å²) in [7, 11) is 4.54. The van der Waals surface area contributed by atoms with Crippen LogP contribution < -0.4 is 19.5 Å². The van der Waals surface area contributed by atoms with Crippen molar-refractivity contribution in [2.45, 2.75) is 19.3 Å². The standard InChI is InChI=1S/C24H24F3N3O3S/c1-31-18-11-17(22(33-3)21(12-18)32-2)15-30(14-16-7-6-10-28-13-16)23(34)29-20-9-5-4-8-19(20)24(25,26)27/h4-13H,14-15H2,1-3H3,(H,29,34). The second-order valence-electron chi connectivity index (χ2n) is 7.21. The molecule has 0 aliphatic carbocycles. The number of nitrogens with zero attached hydrogens (tertiary/aromatic N) is 2. The van der Waals surface area contributed by atoms with Crippen LogP contribution in [0.3, 0.4) is 0 Å². The molecule has 3 rings (SSSR count). The van der Waals surface area contributed by atoms with Crippen LogP contribution in [0.2, 0.25) is 0 Å². The Bertz CT molecular complexity index is 1130. The van der Waals surface area contributed by atoms with Gasteiger partial charge in [0, 0.05) is 37.1 Å². The summed E-state index contributed by atoms with van der Waals surface area (Å²) in [5, 5.41) is 2.87. The lowest BCUT2D eigenvalue weighted by molar-refractivity contribution is -0.136. The third-order valence-electron chi connectivity index (χ3n) is 4.98. The lowest BCUT2D eigenvalue weighted by Crippen LogP contribution is -2.34. The van der Waals surface area contributed by atoms with Gasteiger partial charge in [-0.05, 0) is 42.0 Å². The van der Waals surface area contributed by atoms with Gasteiger partial charge in [0.1, 0.15) is 5.75 Å². The number of anilines is 1. The summed E-state index contributed by atoms with van der Waals surface area (Å²) in [6, 6.07) is 12.3. The zero-order valence-corrected chi connectivity index (χ0v) is 19.7.